The first-order valence-electron chi connectivity index (χ1n) is 4.48. The van der Waals surface area contributed by atoms with Crippen LogP contribution in [0.15, 0.2) is 18.2 Å². The molecule has 0 saturated carbocycles. The van der Waals surface area contributed by atoms with Crippen molar-refractivity contribution >= 4 is 41.1 Å². The van der Waals surface area contributed by atoms with E-state index in [-0.39, 0.29) is 0 Å². The Morgan fingerprint density at radius 2 is 2.12 bits per heavy atom. The number of amides is 3. The number of benzene rings is 1. The van der Waals surface area contributed by atoms with Gasteiger partial charge in [-0.2, -0.15) is 0 Å². The fourth-order valence-electron chi connectivity index (χ4n) is 1.54. The average molecular weight is 255 g/mol. The van der Waals surface area contributed by atoms with Gasteiger partial charge < -0.3 is 5.32 Å². The number of imide groups is 1. The predicted molar refractivity (Wildman–Crippen MR) is 63.6 cm³/mol. The summed E-state index contributed by atoms with van der Waals surface area (Å²) in [6, 6.07) is 3.78. The summed E-state index contributed by atoms with van der Waals surface area (Å²) in [4.78, 5) is 22.5. The van der Waals surface area contributed by atoms with Gasteiger partial charge in [-0.25, -0.2) is 4.79 Å². The first-order valence-corrected chi connectivity index (χ1v) is 5.33. The Bertz CT molecular complexity index is 490. The van der Waals surface area contributed by atoms with Crippen LogP contribution >= 0.6 is 23.8 Å². The highest BCUT2D eigenvalue weighted by Crippen LogP contribution is 2.23. The Morgan fingerprint density at radius 3 is 2.69 bits per heavy atom. The van der Waals surface area contributed by atoms with Crippen molar-refractivity contribution in [2.75, 3.05) is 0 Å². The predicted octanol–water partition coefficient (Wildman–Crippen LogP) is 1.57. The molecule has 0 spiro atoms. The van der Waals surface area contributed by atoms with E-state index in [1.165, 1.54) is 5.37 Å². The van der Waals surface area contributed by atoms with Crippen molar-refractivity contribution < 1.29 is 9.59 Å². The molecule has 1 aliphatic heterocycles. The molecule has 2 N–H and O–H groups in total. The molecular weight excluding hydrogens is 248 g/mol. The van der Waals surface area contributed by atoms with E-state index in [2.05, 4.69) is 10.6 Å². The molecule has 1 atom stereocenters. The summed E-state index contributed by atoms with van der Waals surface area (Å²) in [6.45, 7) is 0. The molecule has 1 aliphatic rings. The maximum Gasteiger partial charge on any atom is 0.322 e. The first-order chi connectivity index (χ1) is 7.61. The lowest BCUT2D eigenvalue weighted by Gasteiger charge is -2.11. The normalized spacial score (nSPS) is 19.2. The SMILES string of the molecule is O=C1NC(=O)C(c2cc(Cl)ccc2C=S)N1. The van der Waals surface area contributed by atoms with Gasteiger partial charge in [0.05, 0.1) is 0 Å². The second-order valence-electron chi connectivity index (χ2n) is 3.29. The van der Waals surface area contributed by atoms with Gasteiger partial charge in [0.25, 0.3) is 5.91 Å². The molecule has 0 bridgehead atoms. The van der Waals surface area contributed by atoms with Crippen molar-refractivity contribution in [3.8, 4) is 0 Å². The van der Waals surface area contributed by atoms with Gasteiger partial charge in [-0.15, -0.1) is 0 Å². The molecule has 0 aromatic heterocycles. The van der Waals surface area contributed by atoms with E-state index < -0.39 is 18.0 Å². The second-order valence-corrected chi connectivity index (χ2v) is 3.96. The Balaban J connectivity index is 2.46. The van der Waals surface area contributed by atoms with Gasteiger partial charge in [-0.05, 0) is 23.3 Å². The van der Waals surface area contributed by atoms with E-state index in [1.54, 1.807) is 18.2 Å². The van der Waals surface area contributed by atoms with Crippen LogP contribution in [0.1, 0.15) is 17.2 Å². The maximum absolute atomic E-state index is 11.5. The third-order valence-corrected chi connectivity index (χ3v) is 2.75. The lowest BCUT2D eigenvalue weighted by molar-refractivity contribution is -0.120. The Morgan fingerprint density at radius 1 is 1.38 bits per heavy atom. The molecule has 0 radical (unpaired) electrons. The standard InChI is InChI=1S/C10H7ClN2O2S/c11-6-2-1-5(4-16)7(3-6)8-9(14)13-10(15)12-8/h1-4,8H,(H2,12,13,14,15). The smallest absolute Gasteiger partial charge is 0.322 e. The van der Waals surface area contributed by atoms with Crippen molar-refractivity contribution in [1.82, 2.24) is 10.6 Å². The second kappa shape index (κ2) is 4.19. The van der Waals surface area contributed by atoms with E-state index in [9.17, 15) is 9.59 Å². The number of thiocarbonyl (C=S) groups is 1. The van der Waals surface area contributed by atoms with E-state index in [1.807, 2.05) is 0 Å². The summed E-state index contributed by atoms with van der Waals surface area (Å²) in [7, 11) is 0. The fraction of sp³-hybridized carbons (Fsp3) is 0.100. The van der Waals surface area contributed by atoms with Crippen molar-refractivity contribution in [2.45, 2.75) is 6.04 Å². The largest absolute Gasteiger partial charge is 0.322 e. The first kappa shape index (κ1) is 11.0. The molecule has 1 heterocycles. The minimum atomic E-state index is -0.722. The van der Waals surface area contributed by atoms with Gasteiger partial charge in [0.15, 0.2) is 0 Å². The number of carbonyl (C=O) groups excluding carboxylic acids is 2. The molecule has 0 aliphatic carbocycles. The number of hydrogen-bond donors (Lipinski definition) is 2. The number of carbonyl (C=O) groups is 2. The van der Waals surface area contributed by atoms with Crippen LogP contribution in [0.2, 0.25) is 5.02 Å². The molecule has 6 heteroatoms. The third-order valence-electron chi connectivity index (χ3n) is 2.26. The van der Waals surface area contributed by atoms with Gasteiger partial charge >= 0.3 is 6.03 Å². The summed E-state index contributed by atoms with van der Waals surface area (Å²) in [5.41, 5.74) is 1.30. The number of urea groups is 1. The lowest BCUT2D eigenvalue weighted by atomic mass is 10.0. The van der Waals surface area contributed by atoms with Crippen molar-refractivity contribution in [3.05, 3.63) is 34.3 Å². The molecule has 1 aromatic carbocycles. The average Bonchev–Trinajstić information content (AvgIpc) is 2.57. The summed E-state index contributed by atoms with van der Waals surface area (Å²) in [5.74, 6) is -0.398. The molecule has 2 rings (SSSR count). The van der Waals surface area contributed by atoms with Crippen LogP contribution in [0.3, 0.4) is 0 Å². The molecule has 1 fully saturated rings. The quantitative estimate of drug-likeness (QED) is 0.622. The lowest BCUT2D eigenvalue weighted by Crippen LogP contribution is -2.22. The summed E-state index contributed by atoms with van der Waals surface area (Å²) >= 11 is 10.7. The van der Waals surface area contributed by atoms with Crippen LogP contribution in [-0.2, 0) is 4.79 Å². The molecule has 1 saturated heterocycles. The van der Waals surface area contributed by atoms with E-state index in [4.69, 9.17) is 23.8 Å². The van der Waals surface area contributed by atoms with Crippen molar-refractivity contribution in [1.29, 1.82) is 0 Å². The molecule has 3 amide bonds. The van der Waals surface area contributed by atoms with Crippen LogP contribution in [-0.4, -0.2) is 17.3 Å². The topological polar surface area (TPSA) is 58.2 Å². The van der Waals surface area contributed by atoms with Crippen LogP contribution in [0, 0.1) is 0 Å². The van der Waals surface area contributed by atoms with E-state index >= 15 is 0 Å². The number of rotatable bonds is 2. The van der Waals surface area contributed by atoms with Crippen molar-refractivity contribution in [2.24, 2.45) is 0 Å². The highest BCUT2D eigenvalue weighted by atomic mass is 35.5. The molecular formula is C10H7ClN2O2S. The number of hydrogen-bond acceptors (Lipinski definition) is 3. The van der Waals surface area contributed by atoms with Crippen LogP contribution < -0.4 is 10.6 Å². The van der Waals surface area contributed by atoms with E-state index in [0.29, 0.717) is 16.1 Å². The van der Waals surface area contributed by atoms with E-state index in [0.717, 1.165) is 0 Å². The zero-order chi connectivity index (χ0) is 11.7. The zero-order valence-corrected chi connectivity index (χ0v) is 9.56. The minimum Gasteiger partial charge on any atom is -0.322 e. The van der Waals surface area contributed by atoms with Crippen LogP contribution in [0.4, 0.5) is 4.79 Å². The summed E-state index contributed by atoms with van der Waals surface area (Å²) in [5, 5.41) is 6.59. The maximum atomic E-state index is 11.5. The summed E-state index contributed by atoms with van der Waals surface area (Å²) < 4.78 is 0. The summed E-state index contributed by atoms with van der Waals surface area (Å²) in [6.07, 6.45) is 0. The Kier molecular flexibility index (Phi) is 2.89. The van der Waals surface area contributed by atoms with Gasteiger partial charge in [-0.3, -0.25) is 10.1 Å². The highest BCUT2D eigenvalue weighted by molar-refractivity contribution is 7.79. The van der Waals surface area contributed by atoms with Crippen LogP contribution in [0.25, 0.3) is 0 Å². The molecule has 4 nitrogen and oxygen atoms in total. The third kappa shape index (κ3) is 1.91. The molecule has 82 valence electrons. The van der Waals surface area contributed by atoms with Gasteiger partial charge in [0.2, 0.25) is 0 Å². The monoisotopic (exact) mass is 254 g/mol. The van der Waals surface area contributed by atoms with Gasteiger partial charge in [-0.1, -0.05) is 29.9 Å². The minimum absolute atomic E-state index is 0.398. The zero-order valence-electron chi connectivity index (χ0n) is 7.99. The number of nitrogens with one attached hydrogen (secondary N) is 2. The van der Waals surface area contributed by atoms with Crippen molar-refractivity contribution in [3.63, 3.8) is 0 Å². The molecule has 16 heavy (non-hydrogen) atoms. The van der Waals surface area contributed by atoms with Crippen LogP contribution in [0.5, 0.6) is 0 Å². The highest BCUT2D eigenvalue weighted by Gasteiger charge is 2.32. The Labute approximate surface area is 102 Å². The Hall–Kier alpha value is -1.46. The molecule has 1 unspecified atom stereocenters. The molecule has 1 aromatic rings. The fourth-order valence-corrected chi connectivity index (χ4v) is 1.93. The van der Waals surface area contributed by atoms with Gasteiger partial charge in [0, 0.05) is 10.4 Å². The van der Waals surface area contributed by atoms with Gasteiger partial charge in [0.1, 0.15) is 6.04 Å². The number of halogens is 1.